The summed E-state index contributed by atoms with van der Waals surface area (Å²) in [6.45, 7) is 8.03. The highest BCUT2D eigenvalue weighted by Crippen LogP contribution is 2.27. The van der Waals surface area contributed by atoms with E-state index in [4.69, 9.17) is 9.47 Å². The number of aromatic nitrogens is 2. The zero-order valence-electron chi connectivity index (χ0n) is 23.5. The molecule has 1 aliphatic rings. The van der Waals surface area contributed by atoms with Crippen LogP contribution < -0.4 is 10.1 Å². The fourth-order valence-corrected chi connectivity index (χ4v) is 6.09. The summed E-state index contributed by atoms with van der Waals surface area (Å²) < 4.78 is 37.2. The number of nitrogens with zero attached hydrogens (tertiary/aromatic N) is 3. The normalized spacial score (nSPS) is 14.8. The van der Waals surface area contributed by atoms with Gasteiger partial charge in [-0.3, -0.25) is 0 Å². The first kappa shape index (κ1) is 29.1. The highest BCUT2D eigenvalue weighted by molar-refractivity contribution is 7.92. The smallest absolute Gasteiger partial charge is 0.410 e. The van der Waals surface area contributed by atoms with Gasteiger partial charge in [-0.15, -0.1) is 0 Å². The summed E-state index contributed by atoms with van der Waals surface area (Å²) in [5, 5.41) is 2.59. The van der Waals surface area contributed by atoms with Crippen molar-refractivity contribution < 1.29 is 22.7 Å². The van der Waals surface area contributed by atoms with Crippen molar-refractivity contribution in [1.29, 1.82) is 0 Å². The standard InChI is InChI=1S/C30H36N4O5S/c1-21-23(10-9-22-7-6-8-25(19-22)38-5)20-31-28(32-21)33-24-11-13-26(14-12-24)40(36,37)27-15-17-34(18-16-27)29(35)39-30(2,3)4/h6-14,19-20,27H,15-18H2,1-5H3,(H,31,32,33). The molecule has 9 nitrogen and oxygen atoms in total. The Morgan fingerprint density at radius 3 is 2.40 bits per heavy atom. The third-order valence-electron chi connectivity index (χ3n) is 6.54. The number of rotatable bonds is 7. The molecule has 0 atom stereocenters. The Morgan fingerprint density at radius 1 is 1.07 bits per heavy atom. The van der Waals surface area contributed by atoms with Crippen LogP contribution >= 0.6 is 0 Å². The molecular formula is C30H36N4O5S. The lowest BCUT2D eigenvalue weighted by atomic mass is 10.1. The lowest BCUT2D eigenvalue weighted by Gasteiger charge is -2.33. The van der Waals surface area contributed by atoms with Crippen molar-refractivity contribution in [3.05, 3.63) is 71.5 Å². The van der Waals surface area contributed by atoms with Crippen LogP contribution in [0.3, 0.4) is 0 Å². The van der Waals surface area contributed by atoms with Crippen molar-refractivity contribution in [1.82, 2.24) is 14.9 Å². The topological polar surface area (TPSA) is 111 Å². The summed E-state index contributed by atoms with van der Waals surface area (Å²) >= 11 is 0. The van der Waals surface area contributed by atoms with Crippen molar-refractivity contribution in [2.75, 3.05) is 25.5 Å². The number of nitrogens with one attached hydrogen (secondary N) is 1. The minimum Gasteiger partial charge on any atom is -0.497 e. The zero-order chi connectivity index (χ0) is 28.9. The molecule has 2 heterocycles. The van der Waals surface area contributed by atoms with Crippen LogP contribution in [0.4, 0.5) is 16.4 Å². The molecule has 0 unspecified atom stereocenters. The van der Waals surface area contributed by atoms with Gasteiger partial charge in [0.05, 0.1) is 22.9 Å². The van der Waals surface area contributed by atoms with E-state index in [1.165, 1.54) is 0 Å². The molecule has 1 aliphatic heterocycles. The average molecular weight is 565 g/mol. The maximum atomic E-state index is 13.3. The molecule has 40 heavy (non-hydrogen) atoms. The Kier molecular flexibility index (Phi) is 8.78. The summed E-state index contributed by atoms with van der Waals surface area (Å²) in [5.41, 5.74) is 2.78. The monoisotopic (exact) mass is 564 g/mol. The number of methoxy groups -OCH3 is 1. The van der Waals surface area contributed by atoms with Crippen molar-refractivity contribution in [3.8, 4) is 5.75 Å². The fourth-order valence-electron chi connectivity index (χ4n) is 4.36. The minimum atomic E-state index is -3.54. The van der Waals surface area contributed by atoms with E-state index in [2.05, 4.69) is 15.3 Å². The van der Waals surface area contributed by atoms with E-state index in [1.54, 1.807) is 42.5 Å². The number of carbonyl (C=O) groups excluding carboxylic acids is 1. The molecule has 1 aromatic heterocycles. The van der Waals surface area contributed by atoms with Gasteiger partial charge in [0.25, 0.3) is 0 Å². The zero-order valence-corrected chi connectivity index (χ0v) is 24.4. The lowest BCUT2D eigenvalue weighted by Crippen LogP contribution is -2.44. The summed E-state index contributed by atoms with van der Waals surface area (Å²) in [7, 11) is -1.90. The predicted octanol–water partition coefficient (Wildman–Crippen LogP) is 5.88. The number of benzene rings is 2. The number of aryl methyl sites for hydroxylation is 1. The largest absolute Gasteiger partial charge is 0.497 e. The van der Waals surface area contributed by atoms with Crippen LogP contribution in [0, 0.1) is 6.92 Å². The van der Waals surface area contributed by atoms with Gasteiger partial charge >= 0.3 is 6.09 Å². The Labute approximate surface area is 236 Å². The molecule has 0 bridgehead atoms. The second-order valence-corrected chi connectivity index (χ2v) is 12.9. The molecule has 0 spiro atoms. The molecule has 10 heteroatoms. The van der Waals surface area contributed by atoms with E-state index in [1.807, 2.05) is 64.1 Å². The number of amides is 1. The first-order valence-electron chi connectivity index (χ1n) is 13.2. The molecule has 4 rings (SSSR count). The number of ether oxygens (including phenoxy) is 2. The van der Waals surface area contributed by atoms with Crippen molar-refractivity contribution in [3.63, 3.8) is 0 Å². The predicted molar refractivity (Wildman–Crippen MR) is 156 cm³/mol. The first-order chi connectivity index (χ1) is 18.9. The summed E-state index contributed by atoms with van der Waals surface area (Å²) in [4.78, 5) is 23.1. The average Bonchev–Trinajstić information content (AvgIpc) is 2.92. The number of likely N-dealkylation sites (tertiary alicyclic amines) is 1. The summed E-state index contributed by atoms with van der Waals surface area (Å²) in [6.07, 6.45) is 6.00. The number of hydrogen-bond donors (Lipinski definition) is 1. The summed E-state index contributed by atoms with van der Waals surface area (Å²) in [6, 6.07) is 14.4. The van der Waals surface area contributed by atoms with Crippen molar-refractivity contribution >= 4 is 39.7 Å². The Bertz CT molecular complexity index is 1470. The molecule has 1 fully saturated rings. The quantitative estimate of drug-likeness (QED) is 0.379. The van der Waals surface area contributed by atoms with E-state index in [0.29, 0.717) is 37.6 Å². The Morgan fingerprint density at radius 2 is 1.77 bits per heavy atom. The van der Waals surface area contributed by atoms with Gasteiger partial charge in [0.15, 0.2) is 9.84 Å². The highest BCUT2D eigenvalue weighted by atomic mass is 32.2. The molecule has 0 aliphatic carbocycles. The number of sulfone groups is 1. The molecule has 3 aromatic rings. The van der Waals surface area contributed by atoms with Crippen LogP contribution in [-0.2, 0) is 14.6 Å². The molecule has 1 saturated heterocycles. The van der Waals surface area contributed by atoms with E-state index in [-0.39, 0.29) is 4.90 Å². The number of hydrogen-bond acceptors (Lipinski definition) is 8. The second-order valence-electron chi connectivity index (χ2n) is 10.7. The third kappa shape index (κ3) is 7.38. The molecular weight excluding hydrogens is 528 g/mol. The number of piperidine rings is 1. The third-order valence-corrected chi connectivity index (χ3v) is 8.82. The van der Waals surface area contributed by atoms with Crippen LogP contribution in [0.1, 0.15) is 50.4 Å². The van der Waals surface area contributed by atoms with Crippen LogP contribution in [-0.4, -0.2) is 60.4 Å². The maximum absolute atomic E-state index is 13.3. The van der Waals surface area contributed by atoms with E-state index >= 15 is 0 Å². The lowest BCUT2D eigenvalue weighted by molar-refractivity contribution is 0.0217. The maximum Gasteiger partial charge on any atom is 0.410 e. The number of carbonyl (C=O) groups is 1. The Hall–Kier alpha value is -3.92. The molecule has 0 radical (unpaired) electrons. The molecule has 1 amide bonds. The number of anilines is 2. The van der Waals surface area contributed by atoms with Crippen molar-refractivity contribution in [2.45, 2.75) is 56.3 Å². The van der Waals surface area contributed by atoms with E-state index in [9.17, 15) is 13.2 Å². The summed E-state index contributed by atoms with van der Waals surface area (Å²) in [5.74, 6) is 1.21. The van der Waals surface area contributed by atoms with Crippen LogP contribution in [0.2, 0.25) is 0 Å². The molecule has 1 N–H and O–H groups in total. The first-order valence-corrected chi connectivity index (χ1v) is 14.7. The van der Waals surface area contributed by atoms with Gasteiger partial charge in [0, 0.05) is 30.5 Å². The highest BCUT2D eigenvalue weighted by Gasteiger charge is 2.34. The second kappa shape index (κ2) is 12.1. The van der Waals surface area contributed by atoms with Gasteiger partial charge in [0.2, 0.25) is 5.95 Å². The van der Waals surface area contributed by atoms with Gasteiger partial charge in [-0.1, -0.05) is 24.3 Å². The van der Waals surface area contributed by atoms with Gasteiger partial charge in [-0.2, -0.15) is 0 Å². The fraction of sp³-hybridized carbons (Fsp3) is 0.367. The minimum absolute atomic E-state index is 0.254. The molecule has 2 aromatic carbocycles. The molecule has 0 saturated carbocycles. The van der Waals surface area contributed by atoms with Crippen LogP contribution in [0.25, 0.3) is 12.2 Å². The van der Waals surface area contributed by atoms with Gasteiger partial charge in [-0.25, -0.2) is 23.2 Å². The van der Waals surface area contributed by atoms with Gasteiger partial charge < -0.3 is 19.7 Å². The SMILES string of the molecule is COc1cccc(C=Cc2cnc(Nc3ccc(S(=O)(=O)C4CCN(C(=O)OC(C)(C)C)CC4)cc3)nc2C)c1. The van der Waals surface area contributed by atoms with Gasteiger partial charge in [0.1, 0.15) is 11.4 Å². The van der Waals surface area contributed by atoms with Crippen molar-refractivity contribution in [2.24, 2.45) is 0 Å². The Balaban J connectivity index is 1.36. The van der Waals surface area contributed by atoms with Gasteiger partial charge in [-0.05, 0) is 82.5 Å². The molecule has 212 valence electrons. The van der Waals surface area contributed by atoms with E-state index in [0.717, 1.165) is 22.6 Å². The van der Waals surface area contributed by atoms with E-state index < -0.39 is 26.8 Å². The van der Waals surface area contributed by atoms with Crippen LogP contribution in [0.5, 0.6) is 5.75 Å². The van der Waals surface area contributed by atoms with Crippen LogP contribution in [0.15, 0.2) is 59.6 Å².